The number of alkyl halides is 3. The van der Waals surface area contributed by atoms with Crippen molar-refractivity contribution in [1.29, 1.82) is 0 Å². The molecule has 2 unspecified atom stereocenters. The maximum atomic E-state index is 13.9. The highest BCUT2D eigenvalue weighted by molar-refractivity contribution is 6.03. The van der Waals surface area contributed by atoms with Crippen LogP contribution in [0.1, 0.15) is 43.0 Å². The molecule has 2 aliphatic heterocycles. The van der Waals surface area contributed by atoms with Gasteiger partial charge in [0, 0.05) is 13.1 Å². The van der Waals surface area contributed by atoms with Crippen LogP contribution >= 0.6 is 0 Å². The van der Waals surface area contributed by atoms with E-state index in [-0.39, 0.29) is 48.8 Å². The Morgan fingerprint density at radius 3 is 2.45 bits per heavy atom. The molecule has 0 fully saturated rings. The predicted octanol–water partition coefficient (Wildman–Crippen LogP) is 4.92. The maximum absolute atomic E-state index is 13.9. The number of rotatable bonds is 9. The molecule has 2 N–H and O–H groups in total. The van der Waals surface area contributed by atoms with E-state index in [1.165, 1.54) is 58.3 Å². The van der Waals surface area contributed by atoms with Crippen LogP contribution in [-0.2, 0) is 22.3 Å². The van der Waals surface area contributed by atoms with E-state index in [4.69, 9.17) is 0 Å². The summed E-state index contributed by atoms with van der Waals surface area (Å²) >= 11 is 0. The second kappa shape index (κ2) is 11.5. The van der Waals surface area contributed by atoms with Gasteiger partial charge in [0.1, 0.15) is 11.9 Å². The lowest BCUT2D eigenvalue weighted by Gasteiger charge is -2.33. The van der Waals surface area contributed by atoms with Crippen LogP contribution in [0.2, 0.25) is 0 Å². The first-order valence-electron chi connectivity index (χ1n) is 12.8. The molecule has 0 aliphatic carbocycles. The smallest absolute Gasteiger partial charge is 0.350 e. The highest BCUT2D eigenvalue weighted by Gasteiger charge is 2.48. The normalized spacial score (nSPS) is 18.1. The average Bonchev–Trinajstić information content (AvgIpc) is 3.24. The van der Waals surface area contributed by atoms with Gasteiger partial charge in [-0.2, -0.15) is 13.2 Å². The lowest BCUT2D eigenvalue weighted by atomic mass is 9.91. The molecular formula is C29H30F4N4O3. The number of urea groups is 1. The van der Waals surface area contributed by atoms with Gasteiger partial charge in [-0.05, 0) is 41.7 Å². The summed E-state index contributed by atoms with van der Waals surface area (Å²) in [4.78, 5) is 43.0. The van der Waals surface area contributed by atoms with E-state index < -0.39 is 47.5 Å². The van der Waals surface area contributed by atoms with Gasteiger partial charge in [0.25, 0.3) is 5.91 Å². The summed E-state index contributed by atoms with van der Waals surface area (Å²) in [6.07, 6.45) is -3.00. The molecule has 11 heteroatoms. The number of nitrogens with zero attached hydrogens (tertiary/aromatic N) is 2. The summed E-state index contributed by atoms with van der Waals surface area (Å²) in [5.41, 5.74) is -0.357. The van der Waals surface area contributed by atoms with E-state index >= 15 is 0 Å². The van der Waals surface area contributed by atoms with Crippen molar-refractivity contribution in [2.75, 3.05) is 13.1 Å². The minimum absolute atomic E-state index is 0.0155. The van der Waals surface area contributed by atoms with Crippen molar-refractivity contribution in [3.63, 3.8) is 0 Å². The van der Waals surface area contributed by atoms with Crippen LogP contribution in [-0.4, -0.2) is 46.8 Å². The van der Waals surface area contributed by atoms with Crippen molar-refractivity contribution in [1.82, 2.24) is 20.4 Å². The van der Waals surface area contributed by atoms with Crippen molar-refractivity contribution in [3.8, 4) is 0 Å². The quantitative estimate of drug-likeness (QED) is 0.339. The first kappa shape index (κ1) is 28.8. The first-order chi connectivity index (χ1) is 18.9. The summed E-state index contributed by atoms with van der Waals surface area (Å²) in [6, 6.07) is 7.40. The molecule has 2 aliphatic rings. The number of carbonyl (C=O) groups excluding carboxylic acids is 3. The summed E-state index contributed by atoms with van der Waals surface area (Å²) in [5, 5.41) is 5.35. The Bertz CT molecular complexity index is 1340. The molecule has 2 atom stereocenters. The summed E-state index contributed by atoms with van der Waals surface area (Å²) in [7, 11) is 0. The number of carbonyl (C=O) groups is 3. The fraction of sp³-hybridized carbons (Fsp3) is 0.345. The molecule has 0 radical (unpaired) electrons. The standard InChI is InChI=1S/C29H30F4N4O3/c1-4-13-36-23-16-37(22(14-17(2)3)26(38)34-15-18-9-11-19(30)12-10-18)27(39)24(23)25(35-28(36)40)20-7-5-6-8-21(20)29(31,32)33/h4-12,17,22,25H,1,13-16H2,2-3H3,(H,34,38)(H,35,40). The number of nitrogens with one attached hydrogen (secondary N) is 2. The van der Waals surface area contributed by atoms with Gasteiger partial charge >= 0.3 is 12.2 Å². The Morgan fingerprint density at radius 1 is 1.15 bits per heavy atom. The van der Waals surface area contributed by atoms with Gasteiger partial charge in [0.2, 0.25) is 5.91 Å². The van der Waals surface area contributed by atoms with E-state index in [2.05, 4.69) is 17.2 Å². The fourth-order valence-corrected chi connectivity index (χ4v) is 5.06. The Balaban J connectivity index is 1.70. The number of hydrogen-bond acceptors (Lipinski definition) is 3. The maximum Gasteiger partial charge on any atom is 0.416 e. The summed E-state index contributed by atoms with van der Waals surface area (Å²) in [6.45, 7) is 7.38. The minimum Gasteiger partial charge on any atom is -0.350 e. The van der Waals surface area contributed by atoms with Crippen LogP contribution in [0, 0.1) is 11.7 Å². The third kappa shape index (κ3) is 5.88. The second-order valence-corrected chi connectivity index (χ2v) is 10.1. The van der Waals surface area contributed by atoms with Crippen LogP contribution in [0.5, 0.6) is 0 Å². The Hall–Kier alpha value is -4.15. The molecule has 0 bridgehead atoms. The van der Waals surface area contributed by atoms with Crippen molar-refractivity contribution >= 4 is 17.8 Å². The van der Waals surface area contributed by atoms with Gasteiger partial charge in [0.15, 0.2) is 0 Å². The SMILES string of the molecule is C=CCN1C(=O)NC(c2ccccc2C(F)(F)F)C2=C1CN(C(CC(C)C)C(=O)NCc1ccc(F)cc1)C2=O. The lowest BCUT2D eigenvalue weighted by Crippen LogP contribution is -2.49. The van der Waals surface area contributed by atoms with Gasteiger partial charge in [-0.15, -0.1) is 6.58 Å². The molecule has 4 amide bonds. The van der Waals surface area contributed by atoms with Crippen LogP contribution in [0.4, 0.5) is 22.4 Å². The topological polar surface area (TPSA) is 81.8 Å². The molecule has 40 heavy (non-hydrogen) atoms. The third-order valence-corrected chi connectivity index (χ3v) is 6.89. The average molecular weight is 559 g/mol. The molecule has 2 aromatic carbocycles. The zero-order valence-electron chi connectivity index (χ0n) is 22.1. The number of hydrogen-bond donors (Lipinski definition) is 2. The van der Waals surface area contributed by atoms with Crippen LogP contribution in [0.15, 0.2) is 72.5 Å². The molecule has 0 saturated carbocycles. The van der Waals surface area contributed by atoms with Crippen LogP contribution < -0.4 is 10.6 Å². The Morgan fingerprint density at radius 2 is 1.82 bits per heavy atom. The molecule has 4 rings (SSSR count). The highest BCUT2D eigenvalue weighted by Crippen LogP contribution is 2.42. The van der Waals surface area contributed by atoms with Crippen molar-refractivity contribution in [3.05, 3.63) is 95.0 Å². The number of halogens is 4. The second-order valence-electron chi connectivity index (χ2n) is 10.1. The third-order valence-electron chi connectivity index (χ3n) is 6.89. The van der Waals surface area contributed by atoms with Crippen molar-refractivity contribution in [2.45, 2.75) is 45.1 Å². The minimum atomic E-state index is -4.72. The monoisotopic (exact) mass is 558 g/mol. The van der Waals surface area contributed by atoms with Crippen LogP contribution in [0.3, 0.4) is 0 Å². The van der Waals surface area contributed by atoms with Gasteiger partial charge in [-0.1, -0.05) is 50.3 Å². The van der Waals surface area contributed by atoms with Crippen molar-refractivity contribution < 1.29 is 31.9 Å². The number of amides is 4. The van der Waals surface area contributed by atoms with E-state index in [0.29, 0.717) is 5.56 Å². The van der Waals surface area contributed by atoms with Gasteiger partial charge in [0.05, 0.1) is 29.4 Å². The Labute approximate surface area is 229 Å². The van der Waals surface area contributed by atoms with Gasteiger partial charge < -0.3 is 15.5 Å². The van der Waals surface area contributed by atoms with Crippen LogP contribution in [0.25, 0.3) is 0 Å². The van der Waals surface area contributed by atoms with Gasteiger partial charge in [-0.25, -0.2) is 9.18 Å². The summed E-state index contributed by atoms with van der Waals surface area (Å²) < 4.78 is 55.0. The zero-order valence-corrected chi connectivity index (χ0v) is 22.1. The summed E-state index contributed by atoms with van der Waals surface area (Å²) in [5.74, 6) is -1.53. The van der Waals surface area contributed by atoms with Gasteiger partial charge in [-0.3, -0.25) is 14.5 Å². The zero-order chi connectivity index (χ0) is 29.2. The molecule has 212 valence electrons. The first-order valence-corrected chi connectivity index (χ1v) is 12.8. The fourth-order valence-electron chi connectivity index (χ4n) is 5.06. The van der Waals surface area contributed by atoms with E-state index in [1.54, 1.807) is 0 Å². The Kier molecular flexibility index (Phi) is 8.32. The highest BCUT2D eigenvalue weighted by atomic mass is 19.4. The molecule has 7 nitrogen and oxygen atoms in total. The number of benzene rings is 2. The largest absolute Gasteiger partial charge is 0.416 e. The van der Waals surface area contributed by atoms with E-state index in [9.17, 15) is 31.9 Å². The molecule has 0 aromatic heterocycles. The van der Waals surface area contributed by atoms with E-state index in [0.717, 1.165) is 6.07 Å². The molecule has 2 aromatic rings. The molecule has 0 spiro atoms. The predicted molar refractivity (Wildman–Crippen MR) is 140 cm³/mol. The van der Waals surface area contributed by atoms with E-state index in [1.807, 2.05) is 13.8 Å². The molecule has 2 heterocycles. The molecular weight excluding hydrogens is 528 g/mol. The lowest BCUT2D eigenvalue weighted by molar-refractivity contribution is -0.139. The molecule has 0 saturated heterocycles. The van der Waals surface area contributed by atoms with Crippen molar-refractivity contribution in [2.24, 2.45) is 5.92 Å².